The van der Waals surface area contributed by atoms with Gasteiger partial charge in [-0.3, -0.25) is 4.79 Å². The third-order valence-corrected chi connectivity index (χ3v) is 4.49. The zero-order chi connectivity index (χ0) is 21.0. The van der Waals surface area contributed by atoms with Crippen LogP contribution in [-0.4, -0.2) is 60.3 Å². The van der Waals surface area contributed by atoms with Gasteiger partial charge >= 0.3 is 6.09 Å². The average Bonchev–Trinajstić information content (AvgIpc) is 3.13. The van der Waals surface area contributed by atoms with E-state index in [0.717, 1.165) is 16.5 Å². The number of fused-ring (bicyclic) bond motifs is 1. The second kappa shape index (κ2) is 8.55. The van der Waals surface area contributed by atoms with E-state index >= 15 is 0 Å². The van der Waals surface area contributed by atoms with E-state index in [0.29, 0.717) is 25.4 Å². The third-order valence-electron chi connectivity index (χ3n) is 4.49. The number of carbonyl (C=O) groups is 2. The highest BCUT2D eigenvalue weighted by molar-refractivity contribution is 5.88. The summed E-state index contributed by atoms with van der Waals surface area (Å²) in [6.45, 7) is 6.23. The summed E-state index contributed by atoms with van der Waals surface area (Å²) in [6.07, 6.45) is 1.64. The number of amides is 2. The van der Waals surface area contributed by atoms with Gasteiger partial charge in [-0.25, -0.2) is 9.78 Å². The number of likely N-dealkylation sites (tertiary alicyclic amines) is 1. The molecule has 1 aliphatic rings. The number of alkyl carbamates (subject to hydrolysis) is 1. The Hall–Kier alpha value is -3.03. The van der Waals surface area contributed by atoms with Crippen molar-refractivity contribution < 1.29 is 23.8 Å². The van der Waals surface area contributed by atoms with E-state index in [9.17, 15) is 9.59 Å². The van der Waals surface area contributed by atoms with Gasteiger partial charge in [-0.05, 0) is 50.4 Å². The molecule has 1 aliphatic heterocycles. The van der Waals surface area contributed by atoms with Crippen LogP contribution in [0.25, 0.3) is 10.8 Å². The maximum atomic E-state index is 12.4. The summed E-state index contributed by atoms with van der Waals surface area (Å²) in [5, 5.41) is 4.37. The second-order valence-corrected chi connectivity index (χ2v) is 7.93. The first-order valence-electron chi connectivity index (χ1n) is 9.59. The summed E-state index contributed by atoms with van der Waals surface area (Å²) in [4.78, 5) is 30.1. The van der Waals surface area contributed by atoms with Crippen LogP contribution in [-0.2, 0) is 9.53 Å². The van der Waals surface area contributed by atoms with Gasteiger partial charge in [0.05, 0.1) is 13.7 Å². The summed E-state index contributed by atoms with van der Waals surface area (Å²) in [6, 6.07) is 7.61. The first-order valence-corrected chi connectivity index (χ1v) is 9.59. The number of benzene rings is 1. The van der Waals surface area contributed by atoms with Gasteiger partial charge in [-0.2, -0.15) is 0 Å². The fourth-order valence-corrected chi connectivity index (χ4v) is 3.13. The molecule has 0 bridgehead atoms. The van der Waals surface area contributed by atoms with E-state index in [4.69, 9.17) is 14.2 Å². The van der Waals surface area contributed by atoms with Crippen LogP contribution in [0.15, 0.2) is 30.5 Å². The Morgan fingerprint density at radius 1 is 1.28 bits per heavy atom. The summed E-state index contributed by atoms with van der Waals surface area (Å²) in [5.41, 5.74) is -0.602. The smallest absolute Gasteiger partial charge is 0.408 e. The molecular formula is C21H27N3O5. The van der Waals surface area contributed by atoms with Crippen molar-refractivity contribution in [2.45, 2.75) is 38.9 Å². The number of nitrogens with one attached hydrogen (secondary N) is 1. The molecule has 3 rings (SSSR count). The lowest BCUT2D eigenvalue weighted by molar-refractivity contribution is -0.129. The molecule has 0 spiro atoms. The molecule has 1 fully saturated rings. The van der Waals surface area contributed by atoms with Crippen molar-refractivity contribution in [3.63, 3.8) is 0 Å². The number of hydrogen-bond donors (Lipinski definition) is 1. The molecule has 0 unspecified atom stereocenters. The van der Waals surface area contributed by atoms with Crippen LogP contribution in [0.5, 0.6) is 11.6 Å². The maximum absolute atomic E-state index is 12.4. The van der Waals surface area contributed by atoms with E-state index in [-0.39, 0.29) is 18.6 Å². The summed E-state index contributed by atoms with van der Waals surface area (Å²) in [7, 11) is 1.63. The summed E-state index contributed by atoms with van der Waals surface area (Å²) >= 11 is 0. The minimum atomic E-state index is -0.603. The van der Waals surface area contributed by atoms with Crippen molar-refractivity contribution in [2.24, 2.45) is 0 Å². The molecule has 0 saturated carbocycles. The number of methoxy groups -OCH3 is 1. The molecule has 0 radical (unpaired) electrons. The topological polar surface area (TPSA) is 90.0 Å². The molecule has 0 aliphatic carbocycles. The molecule has 1 atom stereocenters. The Kier molecular flexibility index (Phi) is 6.10. The number of carbonyl (C=O) groups excluding carboxylic acids is 2. The number of aromatic nitrogens is 1. The normalized spacial score (nSPS) is 16.6. The minimum absolute atomic E-state index is 0.103. The van der Waals surface area contributed by atoms with Crippen molar-refractivity contribution in [1.82, 2.24) is 15.2 Å². The highest BCUT2D eigenvalue weighted by Crippen LogP contribution is 2.28. The van der Waals surface area contributed by atoms with Gasteiger partial charge < -0.3 is 24.4 Å². The largest absolute Gasteiger partial charge is 0.497 e. The van der Waals surface area contributed by atoms with Crippen molar-refractivity contribution in [3.05, 3.63) is 30.5 Å². The lowest BCUT2D eigenvalue weighted by Gasteiger charge is -2.21. The first-order chi connectivity index (χ1) is 13.7. The molecule has 1 saturated heterocycles. The van der Waals surface area contributed by atoms with Gasteiger partial charge in [0.25, 0.3) is 0 Å². The summed E-state index contributed by atoms with van der Waals surface area (Å²) in [5.74, 6) is 1.14. The number of ether oxygens (including phenoxy) is 3. The molecule has 1 aromatic heterocycles. The SMILES string of the molecule is COc1ccc2c(O[C@@H]3CCN(C(=O)CNC(=O)OC(C)(C)C)C3)nccc2c1. The Balaban J connectivity index is 1.55. The number of pyridine rings is 1. The average molecular weight is 401 g/mol. The van der Waals surface area contributed by atoms with E-state index in [1.807, 2.05) is 24.3 Å². The standard InChI is InChI=1S/C21H27N3O5/c1-21(2,3)29-20(26)23-12-18(25)24-10-8-16(13-24)28-19-17-6-5-15(27-4)11-14(17)7-9-22-19/h5-7,9,11,16H,8,10,12-13H2,1-4H3,(H,23,26)/t16-/m1/s1. The van der Waals surface area contributed by atoms with E-state index < -0.39 is 11.7 Å². The van der Waals surface area contributed by atoms with Gasteiger partial charge in [0.1, 0.15) is 24.0 Å². The zero-order valence-corrected chi connectivity index (χ0v) is 17.2. The van der Waals surface area contributed by atoms with Crippen molar-refractivity contribution >= 4 is 22.8 Å². The monoisotopic (exact) mass is 401 g/mol. The van der Waals surface area contributed by atoms with Crippen molar-refractivity contribution in [1.29, 1.82) is 0 Å². The second-order valence-electron chi connectivity index (χ2n) is 7.93. The number of rotatable bonds is 5. The molecule has 2 amide bonds. The highest BCUT2D eigenvalue weighted by Gasteiger charge is 2.28. The zero-order valence-electron chi connectivity index (χ0n) is 17.2. The molecule has 29 heavy (non-hydrogen) atoms. The van der Waals surface area contributed by atoms with Crippen LogP contribution in [0.3, 0.4) is 0 Å². The van der Waals surface area contributed by atoms with Crippen LogP contribution in [0.4, 0.5) is 4.79 Å². The van der Waals surface area contributed by atoms with Crippen LogP contribution in [0.2, 0.25) is 0 Å². The highest BCUT2D eigenvalue weighted by atomic mass is 16.6. The van der Waals surface area contributed by atoms with Crippen molar-refractivity contribution in [3.8, 4) is 11.6 Å². The number of nitrogens with zero attached hydrogens (tertiary/aromatic N) is 2. The lowest BCUT2D eigenvalue weighted by Crippen LogP contribution is -2.41. The van der Waals surface area contributed by atoms with Gasteiger partial charge in [0, 0.05) is 24.5 Å². The molecular weight excluding hydrogens is 374 g/mol. The first kappa shape index (κ1) is 20.7. The molecule has 156 valence electrons. The fraction of sp³-hybridized carbons (Fsp3) is 0.476. The molecule has 1 N–H and O–H groups in total. The quantitative estimate of drug-likeness (QED) is 0.829. The Morgan fingerprint density at radius 2 is 2.07 bits per heavy atom. The Labute approximate surface area is 170 Å². The predicted octanol–water partition coefficient (Wildman–Crippen LogP) is 2.75. The molecule has 1 aromatic carbocycles. The minimum Gasteiger partial charge on any atom is -0.497 e. The molecule has 8 heteroatoms. The Bertz CT molecular complexity index is 894. The predicted molar refractivity (Wildman–Crippen MR) is 108 cm³/mol. The fourth-order valence-electron chi connectivity index (χ4n) is 3.13. The van der Waals surface area contributed by atoms with Gasteiger partial charge in [0.15, 0.2) is 0 Å². The molecule has 2 aromatic rings. The van der Waals surface area contributed by atoms with Gasteiger partial charge in [-0.1, -0.05) is 0 Å². The van der Waals surface area contributed by atoms with Gasteiger partial charge in [0.2, 0.25) is 11.8 Å². The third kappa shape index (κ3) is 5.49. The summed E-state index contributed by atoms with van der Waals surface area (Å²) < 4.78 is 16.5. The number of hydrogen-bond acceptors (Lipinski definition) is 6. The van der Waals surface area contributed by atoms with E-state index in [2.05, 4.69) is 10.3 Å². The lowest BCUT2D eigenvalue weighted by atomic mass is 10.1. The van der Waals surface area contributed by atoms with E-state index in [1.54, 1.807) is 39.0 Å². The van der Waals surface area contributed by atoms with Gasteiger partial charge in [-0.15, -0.1) is 0 Å². The maximum Gasteiger partial charge on any atom is 0.408 e. The van der Waals surface area contributed by atoms with Crippen LogP contribution in [0, 0.1) is 0 Å². The molecule has 2 heterocycles. The van der Waals surface area contributed by atoms with Crippen LogP contribution < -0.4 is 14.8 Å². The van der Waals surface area contributed by atoms with Crippen molar-refractivity contribution in [2.75, 3.05) is 26.7 Å². The Morgan fingerprint density at radius 3 is 2.79 bits per heavy atom. The van der Waals surface area contributed by atoms with Crippen LogP contribution in [0.1, 0.15) is 27.2 Å². The van der Waals surface area contributed by atoms with E-state index in [1.165, 1.54) is 0 Å². The van der Waals surface area contributed by atoms with Crippen LogP contribution >= 0.6 is 0 Å². The molecule has 8 nitrogen and oxygen atoms in total.